The molecular weight excluding hydrogens is 392 g/mol. The van der Waals surface area contributed by atoms with Gasteiger partial charge < -0.3 is 5.73 Å². The minimum atomic E-state index is -0.652. The molecule has 0 aliphatic rings. The standard InChI is InChI=1S/C24H22N4O3/c1-2-27-23(30)21(22(25)28(24(27)31)14-17-8-4-3-5-9-17)20(29)16-26-13-12-18-10-6-7-11-19(18)15-26/h3-13,15H,2,14,16H2,1H3,(H-,25,29,30)/p+1. The van der Waals surface area contributed by atoms with E-state index in [1.165, 1.54) is 4.57 Å². The molecule has 0 bridgehead atoms. The van der Waals surface area contributed by atoms with E-state index in [0.717, 1.165) is 20.9 Å². The Kier molecular flexibility index (Phi) is 5.49. The first-order chi connectivity index (χ1) is 15.0. The number of Topliss-reactive ketones (excluding diaryl/α,β-unsaturated/α-hetero) is 1. The van der Waals surface area contributed by atoms with Gasteiger partial charge in [0.25, 0.3) is 5.56 Å². The zero-order chi connectivity index (χ0) is 22.0. The fraction of sp³-hybridized carbons (Fsp3) is 0.167. The van der Waals surface area contributed by atoms with Crippen molar-refractivity contribution in [3.05, 3.63) is 105 Å². The fourth-order valence-corrected chi connectivity index (χ4v) is 3.70. The van der Waals surface area contributed by atoms with Crippen LogP contribution in [0.25, 0.3) is 10.8 Å². The molecule has 4 rings (SSSR count). The van der Waals surface area contributed by atoms with Gasteiger partial charge in [0.2, 0.25) is 12.3 Å². The summed E-state index contributed by atoms with van der Waals surface area (Å²) in [6, 6.07) is 19.0. The first-order valence-corrected chi connectivity index (χ1v) is 10.1. The first-order valence-electron chi connectivity index (χ1n) is 10.1. The molecule has 0 aliphatic heterocycles. The van der Waals surface area contributed by atoms with Gasteiger partial charge >= 0.3 is 5.69 Å². The van der Waals surface area contributed by atoms with E-state index < -0.39 is 17.0 Å². The van der Waals surface area contributed by atoms with Gasteiger partial charge in [-0.2, -0.15) is 4.57 Å². The Morgan fingerprint density at radius 1 is 0.935 bits per heavy atom. The predicted octanol–water partition coefficient (Wildman–Crippen LogP) is 1.98. The number of carbonyl (C=O) groups is 1. The Hall–Kier alpha value is -4.00. The van der Waals surface area contributed by atoms with Gasteiger partial charge in [0, 0.05) is 18.0 Å². The summed E-state index contributed by atoms with van der Waals surface area (Å²) >= 11 is 0. The van der Waals surface area contributed by atoms with Gasteiger partial charge in [-0.1, -0.05) is 48.5 Å². The van der Waals surface area contributed by atoms with E-state index >= 15 is 0 Å². The highest BCUT2D eigenvalue weighted by Crippen LogP contribution is 2.12. The molecule has 2 N–H and O–H groups in total. The Bertz CT molecular complexity index is 1390. The van der Waals surface area contributed by atoms with Crippen molar-refractivity contribution in [2.45, 2.75) is 26.6 Å². The fourth-order valence-electron chi connectivity index (χ4n) is 3.70. The molecule has 31 heavy (non-hydrogen) atoms. The lowest BCUT2D eigenvalue weighted by molar-refractivity contribution is -0.681. The summed E-state index contributed by atoms with van der Waals surface area (Å²) in [6.45, 7) is 1.96. The van der Waals surface area contributed by atoms with Crippen LogP contribution in [0.2, 0.25) is 0 Å². The number of aromatic nitrogens is 3. The Labute approximate surface area is 178 Å². The van der Waals surface area contributed by atoms with Crippen LogP contribution < -0.4 is 21.5 Å². The summed E-state index contributed by atoms with van der Waals surface area (Å²) in [5.41, 5.74) is 5.74. The zero-order valence-corrected chi connectivity index (χ0v) is 17.2. The molecule has 0 spiro atoms. The molecule has 2 aromatic heterocycles. The number of nitrogens with two attached hydrogens (primary N) is 1. The Balaban J connectivity index is 1.77. The number of anilines is 1. The summed E-state index contributed by atoms with van der Waals surface area (Å²) in [4.78, 5) is 38.9. The SMILES string of the molecule is CCn1c(=O)c(C(=O)C[n+]2ccc3ccccc3c2)c(N)n(Cc2ccccc2)c1=O. The van der Waals surface area contributed by atoms with Crippen LogP contribution in [0.1, 0.15) is 22.8 Å². The van der Waals surface area contributed by atoms with E-state index in [-0.39, 0.29) is 31.0 Å². The van der Waals surface area contributed by atoms with E-state index in [9.17, 15) is 14.4 Å². The Morgan fingerprint density at radius 3 is 2.32 bits per heavy atom. The lowest BCUT2D eigenvalue weighted by Crippen LogP contribution is -2.46. The number of pyridine rings is 1. The van der Waals surface area contributed by atoms with Gasteiger partial charge in [-0.15, -0.1) is 0 Å². The maximum atomic E-state index is 13.1. The molecule has 0 aliphatic carbocycles. The van der Waals surface area contributed by atoms with Gasteiger partial charge in [-0.25, -0.2) is 4.79 Å². The second kappa shape index (κ2) is 8.39. The Morgan fingerprint density at radius 2 is 1.61 bits per heavy atom. The summed E-state index contributed by atoms with van der Waals surface area (Å²) < 4.78 is 4.06. The van der Waals surface area contributed by atoms with Crippen LogP contribution in [-0.4, -0.2) is 14.9 Å². The number of carbonyl (C=O) groups excluding carboxylic acids is 1. The van der Waals surface area contributed by atoms with Crippen LogP contribution in [0.3, 0.4) is 0 Å². The van der Waals surface area contributed by atoms with Gasteiger partial charge in [0.05, 0.1) is 6.54 Å². The molecule has 0 atom stereocenters. The van der Waals surface area contributed by atoms with Gasteiger partial charge in [0.15, 0.2) is 12.4 Å². The monoisotopic (exact) mass is 415 g/mol. The van der Waals surface area contributed by atoms with E-state index in [1.54, 1.807) is 17.7 Å². The molecule has 4 aromatic rings. The topological polar surface area (TPSA) is 91.0 Å². The average molecular weight is 415 g/mol. The van der Waals surface area contributed by atoms with Gasteiger partial charge in [-0.3, -0.25) is 18.7 Å². The van der Waals surface area contributed by atoms with Gasteiger partial charge in [0.1, 0.15) is 11.4 Å². The van der Waals surface area contributed by atoms with Crippen molar-refractivity contribution in [2.24, 2.45) is 0 Å². The minimum Gasteiger partial charge on any atom is -0.384 e. The van der Waals surface area contributed by atoms with Crippen molar-refractivity contribution in [2.75, 3.05) is 5.73 Å². The third-order valence-corrected chi connectivity index (χ3v) is 5.32. The molecule has 2 aromatic carbocycles. The van der Waals surface area contributed by atoms with Crippen LogP contribution in [-0.2, 0) is 19.6 Å². The molecule has 0 amide bonds. The van der Waals surface area contributed by atoms with Crippen LogP contribution in [0.4, 0.5) is 5.82 Å². The molecule has 7 nitrogen and oxygen atoms in total. The normalized spacial score (nSPS) is 11.0. The summed E-state index contributed by atoms with van der Waals surface area (Å²) in [5.74, 6) is -0.540. The molecule has 0 radical (unpaired) electrons. The summed E-state index contributed by atoms with van der Waals surface area (Å²) in [5, 5.41) is 2.03. The van der Waals surface area contributed by atoms with E-state index in [2.05, 4.69) is 0 Å². The van der Waals surface area contributed by atoms with Crippen LogP contribution >= 0.6 is 0 Å². The third-order valence-electron chi connectivity index (χ3n) is 5.32. The number of nitrogens with zero attached hydrogens (tertiary/aromatic N) is 3. The van der Waals surface area contributed by atoms with Crippen molar-refractivity contribution >= 4 is 22.4 Å². The van der Waals surface area contributed by atoms with E-state index in [1.807, 2.05) is 66.9 Å². The minimum absolute atomic E-state index is 0.0580. The number of nitrogen functional groups attached to an aromatic ring is 1. The smallest absolute Gasteiger partial charge is 0.332 e. The summed E-state index contributed by atoms with van der Waals surface area (Å²) in [7, 11) is 0. The lowest BCUT2D eigenvalue weighted by Gasteiger charge is -2.15. The quantitative estimate of drug-likeness (QED) is 0.385. The van der Waals surface area contributed by atoms with Crippen molar-refractivity contribution in [3.8, 4) is 0 Å². The van der Waals surface area contributed by atoms with Crippen molar-refractivity contribution < 1.29 is 9.36 Å². The highest BCUT2D eigenvalue weighted by Gasteiger charge is 2.25. The largest absolute Gasteiger partial charge is 0.384 e. The number of benzene rings is 2. The number of hydrogen-bond acceptors (Lipinski definition) is 4. The second-order valence-corrected chi connectivity index (χ2v) is 7.33. The number of fused-ring (bicyclic) bond motifs is 1. The molecule has 0 saturated carbocycles. The molecule has 7 heteroatoms. The van der Waals surface area contributed by atoms with Crippen molar-refractivity contribution in [1.82, 2.24) is 9.13 Å². The zero-order valence-electron chi connectivity index (χ0n) is 17.2. The second-order valence-electron chi connectivity index (χ2n) is 7.33. The maximum absolute atomic E-state index is 13.1. The molecule has 0 unspecified atom stereocenters. The maximum Gasteiger partial charge on any atom is 0.332 e. The highest BCUT2D eigenvalue weighted by atomic mass is 16.2. The predicted molar refractivity (Wildman–Crippen MR) is 119 cm³/mol. The number of hydrogen-bond donors (Lipinski definition) is 1. The number of ketones is 1. The molecule has 0 fully saturated rings. The van der Waals surface area contributed by atoms with Gasteiger partial charge in [-0.05, 0) is 23.9 Å². The molecule has 156 valence electrons. The number of rotatable bonds is 6. The van der Waals surface area contributed by atoms with Crippen LogP contribution in [0.5, 0.6) is 0 Å². The van der Waals surface area contributed by atoms with Crippen LogP contribution in [0, 0.1) is 0 Å². The lowest BCUT2D eigenvalue weighted by atomic mass is 10.1. The first kappa shape index (κ1) is 20.3. The third kappa shape index (κ3) is 3.90. The average Bonchev–Trinajstić information content (AvgIpc) is 2.77. The molecule has 0 saturated heterocycles. The van der Waals surface area contributed by atoms with Crippen LogP contribution in [0.15, 0.2) is 82.6 Å². The summed E-state index contributed by atoms with van der Waals surface area (Å²) in [6.07, 6.45) is 3.64. The highest BCUT2D eigenvalue weighted by molar-refractivity contribution is 5.98. The van der Waals surface area contributed by atoms with E-state index in [4.69, 9.17) is 5.73 Å². The van der Waals surface area contributed by atoms with Crippen molar-refractivity contribution in [3.63, 3.8) is 0 Å². The molecular formula is C24H23N4O3+. The molecule has 2 heterocycles. The van der Waals surface area contributed by atoms with E-state index in [0.29, 0.717) is 0 Å². The van der Waals surface area contributed by atoms with Crippen molar-refractivity contribution in [1.29, 1.82) is 0 Å².